The Morgan fingerprint density at radius 1 is 0.857 bits per heavy atom. The summed E-state index contributed by atoms with van der Waals surface area (Å²) >= 11 is 0. The van der Waals surface area contributed by atoms with Crippen LogP contribution in [0.5, 0.6) is 0 Å². The molecule has 3 heteroatoms. The molecule has 0 bridgehead atoms. The smallest absolute Gasteiger partial charge is 0.328 e. The van der Waals surface area contributed by atoms with Crippen LogP contribution in [0.1, 0.15) is 90.4 Å². The van der Waals surface area contributed by atoms with Crippen LogP contribution < -0.4 is 0 Å². The normalized spacial score (nSPS) is 12.9. The van der Waals surface area contributed by atoms with Gasteiger partial charge in [-0.15, -0.1) is 0 Å². The molecule has 0 saturated heterocycles. The number of carbonyl (C=O) groups is 1. The first-order chi connectivity index (χ1) is 10.2. The zero-order chi connectivity index (χ0) is 15.8. The van der Waals surface area contributed by atoms with E-state index in [0.717, 1.165) is 18.9 Å². The summed E-state index contributed by atoms with van der Waals surface area (Å²) < 4.78 is 0. The highest BCUT2D eigenvalue weighted by molar-refractivity contribution is 5.79. The lowest BCUT2D eigenvalue weighted by molar-refractivity contribution is -0.131. The summed E-state index contributed by atoms with van der Waals surface area (Å²) in [7, 11) is 0. The summed E-state index contributed by atoms with van der Waals surface area (Å²) in [5.74, 6) is -0.997. The number of rotatable bonds is 15. The molecule has 1 unspecified atom stereocenters. The lowest BCUT2D eigenvalue weighted by Gasteiger charge is -2.05. The van der Waals surface area contributed by atoms with Gasteiger partial charge in [0.2, 0.25) is 0 Å². The molecule has 0 aliphatic carbocycles. The first-order valence-electron chi connectivity index (χ1n) is 8.76. The number of carboxylic acid groups (broad SMARTS) is 1. The second-order valence-electron chi connectivity index (χ2n) is 5.94. The molecule has 0 aromatic rings. The van der Waals surface area contributed by atoms with Crippen molar-refractivity contribution in [1.29, 1.82) is 0 Å². The third-order valence-electron chi connectivity index (χ3n) is 3.81. The summed E-state index contributed by atoms with van der Waals surface area (Å²) in [6, 6.07) is 0. The van der Waals surface area contributed by atoms with Crippen LogP contribution in [-0.2, 0) is 4.79 Å². The second-order valence-corrected chi connectivity index (χ2v) is 5.94. The molecule has 21 heavy (non-hydrogen) atoms. The third-order valence-corrected chi connectivity index (χ3v) is 3.81. The molecule has 0 fully saturated rings. The van der Waals surface area contributed by atoms with E-state index in [1.54, 1.807) is 0 Å². The lowest BCUT2D eigenvalue weighted by atomic mass is 10.0. The van der Waals surface area contributed by atoms with Crippen LogP contribution >= 0.6 is 0 Å². The highest BCUT2D eigenvalue weighted by Gasteiger charge is 2.00. The molecule has 1 atom stereocenters. The van der Waals surface area contributed by atoms with Gasteiger partial charge in [0, 0.05) is 6.08 Å². The first-order valence-corrected chi connectivity index (χ1v) is 8.76. The molecule has 0 rings (SSSR count). The van der Waals surface area contributed by atoms with Crippen molar-refractivity contribution in [3.05, 3.63) is 12.2 Å². The summed E-state index contributed by atoms with van der Waals surface area (Å²) in [5, 5.41) is 17.9. The zero-order valence-corrected chi connectivity index (χ0v) is 13.7. The van der Waals surface area contributed by atoms with Gasteiger partial charge in [-0.25, -0.2) is 4.79 Å². The van der Waals surface area contributed by atoms with Crippen molar-refractivity contribution < 1.29 is 15.0 Å². The molecular formula is C18H34O3. The summed E-state index contributed by atoms with van der Waals surface area (Å²) in [6.45, 7) is 2.25. The summed E-state index contributed by atoms with van der Waals surface area (Å²) in [4.78, 5) is 10.3. The average molecular weight is 298 g/mol. The fraction of sp³-hybridized carbons (Fsp3) is 0.833. The Balaban J connectivity index is 3.17. The number of aliphatic hydroxyl groups is 1. The number of carboxylic acids is 1. The minimum absolute atomic E-state index is 0.607. The van der Waals surface area contributed by atoms with Crippen molar-refractivity contribution in [3.8, 4) is 0 Å². The van der Waals surface area contributed by atoms with Crippen LogP contribution in [0.2, 0.25) is 0 Å². The third kappa shape index (κ3) is 17.1. The summed E-state index contributed by atoms with van der Waals surface area (Å²) in [6.07, 6.45) is 18.0. The highest BCUT2D eigenvalue weighted by atomic mass is 16.4. The largest absolute Gasteiger partial charge is 0.478 e. The Hall–Kier alpha value is -0.830. The Bertz CT molecular complexity index is 261. The van der Waals surface area contributed by atoms with Gasteiger partial charge in [0.25, 0.3) is 0 Å². The lowest BCUT2D eigenvalue weighted by Crippen LogP contribution is -2.03. The van der Waals surface area contributed by atoms with Gasteiger partial charge in [0.1, 0.15) is 0 Å². The number of aliphatic hydroxyl groups excluding tert-OH is 1. The molecule has 0 amide bonds. The van der Waals surface area contributed by atoms with E-state index in [1.807, 2.05) is 0 Å². The Kier molecular flexibility index (Phi) is 14.9. The SMILES string of the molecule is CCCCCCCCCCCCCCC(O)/C=C\C(=O)O. The Labute approximate surface area is 130 Å². The molecule has 0 heterocycles. The van der Waals surface area contributed by atoms with E-state index in [1.165, 1.54) is 70.3 Å². The van der Waals surface area contributed by atoms with Crippen molar-refractivity contribution in [3.63, 3.8) is 0 Å². The molecule has 0 aromatic heterocycles. The fourth-order valence-electron chi connectivity index (χ4n) is 2.48. The van der Waals surface area contributed by atoms with Gasteiger partial charge < -0.3 is 10.2 Å². The van der Waals surface area contributed by atoms with Crippen molar-refractivity contribution in [2.24, 2.45) is 0 Å². The van der Waals surface area contributed by atoms with Crippen LogP contribution in [0.25, 0.3) is 0 Å². The topological polar surface area (TPSA) is 57.5 Å². The standard InChI is InChI=1S/C18H34O3/c1-2-3-4-5-6-7-8-9-10-11-12-13-14-17(19)15-16-18(20)21/h15-17,19H,2-14H2,1H3,(H,20,21)/b16-15-. The van der Waals surface area contributed by atoms with Crippen LogP contribution in [-0.4, -0.2) is 22.3 Å². The Morgan fingerprint density at radius 3 is 1.71 bits per heavy atom. The molecule has 0 radical (unpaired) electrons. The highest BCUT2D eigenvalue weighted by Crippen LogP contribution is 2.13. The molecule has 0 aromatic carbocycles. The molecule has 0 saturated carbocycles. The predicted octanol–water partition coefficient (Wildman–Crippen LogP) is 5.08. The van der Waals surface area contributed by atoms with Gasteiger partial charge in [-0.1, -0.05) is 84.0 Å². The molecule has 2 N–H and O–H groups in total. The molecule has 0 aliphatic rings. The molecule has 124 valence electrons. The molecule has 0 aliphatic heterocycles. The van der Waals surface area contributed by atoms with Gasteiger partial charge in [-0.05, 0) is 12.5 Å². The minimum atomic E-state index is -0.997. The van der Waals surface area contributed by atoms with Gasteiger partial charge in [0.15, 0.2) is 0 Å². The van der Waals surface area contributed by atoms with E-state index in [-0.39, 0.29) is 0 Å². The Morgan fingerprint density at radius 2 is 1.29 bits per heavy atom. The van der Waals surface area contributed by atoms with Crippen LogP contribution in [0.4, 0.5) is 0 Å². The van der Waals surface area contributed by atoms with Crippen LogP contribution in [0.3, 0.4) is 0 Å². The van der Waals surface area contributed by atoms with Crippen molar-refractivity contribution >= 4 is 5.97 Å². The van der Waals surface area contributed by atoms with E-state index >= 15 is 0 Å². The van der Waals surface area contributed by atoms with E-state index in [0.29, 0.717) is 6.42 Å². The minimum Gasteiger partial charge on any atom is -0.478 e. The maximum atomic E-state index is 10.3. The van der Waals surface area contributed by atoms with Crippen molar-refractivity contribution in [2.45, 2.75) is 96.5 Å². The number of unbranched alkanes of at least 4 members (excludes halogenated alkanes) is 11. The monoisotopic (exact) mass is 298 g/mol. The predicted molar refractivity (Wildman–Crippen MR) is 88.5 cm³/mol. The van der Waals surface area contributed by atoms with E-state index in [4.69, 9.17) is 5.11 Å². The summed E-state index contributed by atoms with van der Waals surface area (Å²) in [5.41, 5.74) is 0. The maximum absolute atomic E-state index is 10.3. The quantitative estimate of drug-likeness (QED) is 0.327. The zero-order valence-electron chi connectivity index (χ0n) is 13.7. The van der Waals surface area contributed by atoms with Gasteiger partial charge >= 0.3 is 5.97 Å². The number of aliphatic carboxylic acids is 1. The van der Waals surface area contributed by atoms with E-state index in [2.05, 4.69) is 6.92 Å². The van der Waals surface area contributed by atoms with Gasteiger partial charge in [0.05, 0.1) is 6.10 Å². The van der Waals surface area contributed by atoms with Crippen LogP contribution in [0.15, 0.2) is 12.2 Å². The van der Waals surface area contributed by atoms with Crippen molar-refractivity contribution in [1.82, 2.24) is 0 Å². The van der Waals surface area contributed by atoms with E-state index < -0.39 is 12.1 Å². The molecule has 3 nitrogen and oxygen atoms in total. The average Bonchev–Trinajstić information content (AvgIpc) is 2.46. The number of hydrogen-bond acceptors (Lipinski definition) is 2. The van der Waals surface area contributed by atoms with Gasteiger partial charge in [-0.2, -0.15) is 0 Å². The van der Waals surface area contributed by atoms with Gasteiger partial charge in [-0.3, -0.25) is 0 Å². The molecule has 0 spiro atoms. The fourth-order valence-corrected chi connectivity index (χ4v) is 2.48. The van der Waals surface area contributed by atoms with E-state index in [9.17, 15) is 9.90 Å². The van der Waals surface area contributed by atoms with Crippen molar-refractivity contribution in [2.75, 3.05) is 0 Å². The maximum Gasteiger partial charge on any atom is 0.328 e. The van der Waals surface area contributed by atoms with Crippen LogP contribution in [0, 0.1) is 0 Å². The molecular weight excluding hydrogens is 264 g/mol. The number of hydrogen-bond donors (Lipinski definition) is 2. The first kappa shape index (κ1) is 20.2. The second kappa shape index (κ2) is 15.6.